The molecule has 0 N–H and O–H groups in total. The smallest absolute Gasteiger partial charge is 0.0705 e. The summed E-state index contributed by atoms with van der Waals surface area (Å²) in [5, 5.41) is 0. The number of hydrogen-bond donors (Lipinski definition) is 0. The van der Waals surface area contributed by atoms with E-state index in [0.717, 1.165) is 0 Å². The molecule has 0 bridgehead atoms. The highest BCUT2D eigenvalue weighted by atomic mass is 79.9. The van der Waals surface area contributed by atoms with Gasteiger partial charge >= 0.3 is 0 Å². The Balaban J connectivity index is 0.00000196. The molecule has 0 saturated heterocycles. The van der Waals surface area contributed by atoms with Crippen molar-refractivity contribution in [2.75, 3.05) is 0 Å². The minimum Gasteiger partial charge on any atom is -1.00 e. The molecule has 2 heteroatoms. The lowest BCUT2D eigenvalue weighted by atomic mass is 9.98. The van der Waals surface area contributed by atoms with Crippen LogP contribution >= 0.6 is 7.26 Å². The van der Waals surface area contributed by atoms with Crippen LogP contribution in [0.15, 0.2) is 0 Å². The van der Waals surface area contributed by atoms with Crippen LogP contribution in [0.4, 0.5) is 0 Å². The molecule has 26 heavy (non-hydrogen) atoms. The third-order valence-electron chi connectivity index (χ3n) is 8.83. The van der Waals surface area contributed by atoms with E-state index in [1.165, 1.54) is 22.6 Å². The Labute approximate surface area is 175 Å². The van der Waals surface area contributed by atoms with Gasteiger partial charge in [0, 0.05) is 7.26 Å². The van der Waals surface area contributed by atoms with Crippen LogP contribution in [0.3, 0.4) is 0 Å². The molecule has 0 aromatic rings. The Morgan fingerprint density at radius 3 is 0.692 bits per heavy atom. The molecule has 0 radical (unpaired) electrons. The van der Waals surface area contributed by atoms with Crippen molar-refractivity contribution in [3.8, 4) is 0 Å². The Kier molecular flexibility index (Phi) is 8.83. The maximum absolute atomic E-state index is 1.65. The molecule has 0 aliphatic heterocycles. The second kappa shape index (κ2) is 10.6. The second-order valence-electron chi connectivity index (χ2n) is 10.1. The monoisotopic (exact) mass is 442 g/mol. The van der Waals surface area contributed by atoms with Crippen LogP contribution in [-0.2, 0) is 0 Å². The van der Waals surface area contributed by atoms with Crippen molar-refractivity contribution < 1.29 is 17.0 Å². The molecule has 0 aromatic carbocycles. The molecule has 0 spiro atoms. The molecular formula is C24H44BrP. The summed E-state index contributed by atoms with van der Waals surface area (Å²) in [4.78, 5) is 0. The Hall–Kier alpha value is 0.910. The minimum absolute atomic E-state index is 0. The lowest BCUT2D eigenvalue weighted by Gasteiger charge is -2.53. The van der Waals surface area contributed by atoms with Crippen molar-refractivity contribution in [3.63, 3.8) is 0 Å². The van der Waals surface area contributed by atoms with Gasteiger partial charge in [0.2, 0.25) is 0 Å². The summed E-state index contributed by atoms with van der Waals surface area (Å²) in [6.07, 6.45) is 32.1. The maximum Gasteiger partial charge on any atom is 0.0705 e. The van der Waals surface area contributed by atoms with Gasteiger partial charge in [-0.3, -0.25) is 0 Å². The molecule has 152 valence electrons. The van der Waals surface area contributed by atoms with E-state index in [-0.39, 0.29) is 17.0 Å². The second-order valence-corrected chi connectivity index (χ2v) is 14.8. The van der Waals surface area contributed by atoms with Gasteiger partial charge in [-0.15, -0.1) is 0 Å². The molecule has 0 heterocycles. The van der Waals surface area contributed by atoms with E-state index in [0.29, 0.717) is 0 Å². The summed E-state index contributed by atoms with van der Waals surface area (Å²) in [6, 6.07) is 0. The highest BCUT2D eigenvalue weighted by Gasteiger charge is 2.61. The normalized spacial score (nSPS) is 28.6. The topological polar surface area (TPSA) is 0 Å². The van der Waals surface area contributed by atoms with E-state index in [4.69, 9.17) is 0 Å². The molecule has 0 nitrogen and oxygen atoms in total. The third-order valence-corrected chi connectivity index (χ3v) is 16.0. The van der Waals surface area contributed by atoms with Crippen LogP contribution < -0.4 is 17.0 Å². The number of halogens is 1. The largest absolute Gasteiger partial charge is 1.00 e. The van der Waals surface area contributed by atoms with Crippen molar-refractivity contribution >= 4 is 7.26 Å². The standard InChI is InChI=1S/C24H44P.BrH/c1-5-13-21(14-6-1)25(22-15-7-2-8-16-22,23-17-9-3-10-18-23)24-19-11-4-12-20-24;/h21-24H,1-20H2;1H/q+1;/p-1. The van der Waals surface area contributed by atoms with E-state index in [2.05, 4.69) is 0 Å². The molecule has 4 aliphatic carbocycles. The molecule has 0 atom stereocenters. The summed E-state index contributed by atoms with van der Waals surface area (Å²) in [7, 11) is -0.798. The quantitative estimate of drug-likeness (QED) is 0.515. The minimum atomic E-state index is -0.798. The summed E-state index contributed by atoms with van der Waals surface area (Å²) < 4.78 is 0. The highest BCUT2D eigenvalue weighted by molar-refractivity contribution is 7.78. The number of rotatable bonds is 4. The first-order valence-corrected chi connectivity index (χ1v) is 14.4. The van der Waals surface area contributed by atoms with Crippen molar-refractivity contribution in [2.24, 2.45) is 0 Å². The number of hydrogen-bond acceptors (Lipinski definition) is 0. The lowest BCUT2D eigenvalue weighted by Crippen LogP contribution is -3.00. The average Bonchev–Trinajstić information content (AvgIpc) is 2.72. The van der Waals surface area contributed by atoms with Crippen LogP contribution in [0.1, 0.15) is 128 Å². The van der Waals surface area contributed by atoms with Gasteiger partial charge < -0.3 is 17.0 Å². The fraction of sp³-hybridized carbons (Fsp3) is 1.00. The zero-order valence-electron chi connectivity index (χ0n) is 17.3. The molecule has 4 fully saturated rings. The van der Waals surface area contributed by atoms with E-state index in [1.807, 2.05) is 0 Å². The van der Waals surface area contributed by atoms with Crippen LogP contribution in [0.5, 0.6) is 0 Å². The highest BCUT2D eigenvalue weighted by Crippen LogP contribution is 2.81. The molecule has 4 saturated carbocycles. The van der Waals surface area contributed by atoms with Gasteiger partial charge in [0.25, 0.3) is 0 Å². The van der Waals surface area contributed by atoms with E-state index < -0.39 is 7.26 Å². The maximum atomic E-state index is 1.65. The summed E-state index contributed by atoms with van der Waals surface area (Å²) in [6.45, 7) is 0. The molecule has 0 unspecified atom stereocenters. The van der Waals surface area contributed by atoms with E-state index in [9.17, 15) is 0 Å². The Morgan fingerprint density at radius 2 is 0.500 bits per heavy atom. The van der Waals surface area contributed by atoms with Crippen LogP contribution in [-0.4, -0.2) is 22.6 Å². The Bertz CT molecular complexity index is 308. The van der Waals surface area contributed by atoms with Crippen LogP contribution in [0.25, 0.3) is 0 Å². The molecule has 4 rings (SSSR count). The fourth-order valence-electron chi connectivity index (χ4n) is 7.90. The van der Waals surface area contributed by atoms with Crippen LogP contribution in [0, 0.1) is 0 Å². The van der Waals surface area contributed by atoms with Gasteiger partial charge in [-0.1, -0.05) is 25.7 Å². The van der Waals surface area contributed by atoms with Gasteiger partial charge in [0.15, 0.2) is 0 Å². The van der Waals surface area contributed by atoms with E-state index in [1.54, 1.807) is 128 Å². The fourth-order valence-corrected chi connectivity index (χ4v) is 16.5. The Morgan fingerprint density at radius 1 is 0.308 bits per heavy atom. The first-order valence-electron chi connectivity index (χ1n) is 12.3. The molecule has 0 aromatic heterocycles. The molecular weight excluding hydrogens is 399 g/mol. The van der Waals surface area contributed by atoms with Gasteiger partial charge in [-0.2, -0.15) is 0 Å². The third kappa shape index (κ3) is 4.40. The van der Waals surface area contributed by atoms with Crippen LogP contribution in [0.2, 0.25) is 0 Å². The van der Waals surface area contributed by atoms with E-state index >= 15 is 0 Å². The summed E-state index contributed by atoms with van der Waals surface area (Å²) in [5.74, 6) is 0. The predicted molar refractivity (Wildman–Crippen MR) is 114 cm³/mol. The van der Waals surface area contributed by atoms with Gasteiger partial charge in [-0.05, 0) is 103 Å². The van der Waals surface area contributed by atoms with Gasteiger partial charge in [0.05, 0.1) is 22.6 Å². The van der Waals surface area contributed by atoms with Gasteiger partial charge in [-0.25, -0.2) is 0 Å². The van der Waals surface area contributed by atoms with Gasteiger partial charge in [0.1, 0.15) is 0 Å². The zero-order chi connectivity index (χ0) is 17.0. The molecule has 0 amide bonds. The first kappa shape index (κ1) is 21.6. The molecule has 4 aliphatic rings. The van der Waals surface area contributed by atoms with Crippen molar-refractivity contribution in [3.05, 3.63) is 0 Å². The summed E-state index contributed by atoms with van der Waals surface area (Å²) >= 11 is 0. The first-order chi connectivity index (χ1) is 12.4. The van der Waals surface area contributed by atoms with Crippen molar-refractivity contribution in [1.29, 1.82) is 0 Å². The zero-order valence-corrected chi connectivity index (χ0v) is 19.8. The lowest BCUT2D eigenvalue weighted by molar-refractivity contribution is -0.00000528. The predicted octanol–water partition coefficient (Wildman–Crippen LogP) is 5.34. The summed E-state index contributed by atoms with van der Waals surface area (Å²) in [5.41, 5.74) is 4.87. The average molecular weight is 443 g/mol. The van der Waals surface area contributed by atoms with Crippen molar-refractivity contribution in [1.82, 2.24) is 0 Å². The SMILES string of the molecule is C1CCC([P+](C2CCCCC2)(C2CCCCC2)C2CCCCC2)CC1.[Br-]. The van der Waals surface area contributed by atoms with Crippen molar-refractivity contribution in [2.45, 2.75) is 151 Å².